The van der Waals surface area contributed by atoms with E-state index in [9.17, 15) is 13.2 Å². The molecule has 3 aromatic carbocycles. The third-order valence-corrected chi connectivity index (χ3v) is 6.18. The fourth-order valence-electron chi connectivity index (χ4n) is 3.37. The van der Waals surface area contributed by atoms with Crippen molar-refractivity contribution in [2.45, 2.75) is 19.6 Å². The number of sulfonamides is 1. The quantitative estimate of drug-likeness (QED) is 0.488. The molecule has 0 unspecified atom stereocenters. The Labute approximate surface area is 195 Å². The second-order valence-electron chi connectivity index (χ2n) is 7.57. The van der Waals surface area contributed by atoms with Crippen molar-refractivity contribution in [1.29, 1.82) is 0 Å². The topological polar surface area (TPSA) is 84.9 Å². The molecule has 0 bridgehead atoms. The molecule has 0 radical (unpaired) electrons. The summed E-state index contributed by atoms with van der Waals surface area (Å²) in [4.78, 5) is 12.7. The number of methoxy groups -OCH3 is 1. The maximum atomic E-state index is 12.7. The van der Waals surface area contributed by atoms with Gasteiger partial charge in [0.25, 0.3) is 0 Å². The van der Waals surface area contributed by atoms with Gasteiger partial charge >= 0.3 is 0 Å². The first-order valence-electron chi connectivity index (χ1n) is 10.4. The SMILES string of the molecule is COc1ccccc1[C@H](C)NC(=O)CN(c1ccc(OCc2ccccc2)cc1)S(C)(=O)=O. The second kappa shape index (κ2) is 10.9. The average molecular weight is 469 g/mol. The van der Waals surface area contributed by atoms with E-state index in [1.54, 1.807) is 31.4 Å². The lowest BCUT2D eigenvalue weighted by Crippen LogP contribution is -2.41. The molecule has 1 N–H and O–H groups in total. The number of anilines is 1. The van der Waals surface area contributed by atoms with Crippen LogP contribution in [0.5, 0.6) is 11.5 Å². The molecule has 1 atom stereocenters. The van der Waals surface area contributed by atoms with E-state index in [4.69, 9.17) is 9.47 Å². The molecule has 0 fully saturated rings. The van der Waals surface area contributed by atoms with Crippen LogP contribution < -0.4 is 19.1 Å². The van der Waals surface area contributed by atoms with Crippen LogP contribution in [0.1, 0.15) is 24.1 Å². The number of amides is 1. The number of rotatable bonds is 10. The summed E-state index contributed by atoms with van der Waals surface area (Å²) >= 11 is 0. The monoisotopic (exact) mass is 468 g/mol. The Bertz CT molecular complexity index is 1160. The average Bonchev–Trinajstić information content (AvgIpc) is 2.81. The van der Waals surface area contributed by atoms with Gasteiger partial charge in [0, 0.05) is 5.56 Å². The highest BCUT2D eigenvalue weighted by atomic mass is 32.2. The Hall–Kier alpha value is -3.52. The molecule has 7 nitrogen and oxygen atoms in total. The predicted octanol–water partition coefficient (Wildman–Crippen LogP) is 3.92. The van der Waals surface area contributed by atoms with Gasteiger partial charge in [-0.3, -0.25) is 9.10 Å². The van der Waals surface area contributed by atoms with Crippen LogP contribution >= 0.6 is 0 Å². The van der Waals surface area contributed by atoms with Gasteiger partial charge in [0.1, 0.15) is 24.7 Å². The van der Waals surface area contributed by atoms with Gasteiger partial charge in [0.15, 0.2) is 0 Å². The van der Waals surface area contributed by atoms with Crippen molar-refractivity contribution < 1.29 is 22.7 Å². The molecule has 0 saturated carbocycles. The third-order valence-electron chi connectivity index (χ3n) is 5.04. The van der Waals surface area contributed by atoms with Crippen molar-refractivity contribution in [1.82, 2.24) is 5.32 Å². The molecule has 0 aliphatic carbocycles. The van der Waals surface area contributed by atoms with E-state index < -0.39 is 15.9 Å². The summed E-state index contributed by atoms with van der Waals surface area (Å²) in [5, 5.41) is 2.84. The van der Waals surface area contributed by atoms with E-state index in [1.165, 1.54) is 0 Å². The molecule has 0 aromatic heterocycles. The normalized spacial score (nSPS) is 12.0. The number of ether oxygens (including phenoxy) is 2. The number of carbonyl (C=O) groups is 1. The fourth-order valence-corrected chi connectivity index (χ4v) is 4.23. The molecule has 0 aliphatic rings. The first kappa shape index (κ1) is 24.1. The van der Waals surface area contributed by atoms with E-state index in [0.29, 0.717) is 23.8 Å². The smallest absolute Gasteiger partial charge is 0.241 e. The zero-order valence-corrected chi connectivity index (χ0v) is 19.7. The van der Waals surface area contributed by atoms with Crippen molar-refractivity contribution in [3.8, 4) is 11.5 Å². The molecule has 1 amide bonds. The Morgan fingerprint density at radius 3 is 2.24 bits per heavy atom. The Kier molecular flexibility index (Phi) is 7.95. The van der Waals surface area contributed by atoms with Crippen LogP contribution in [0.4, 0.5) is 5.69 Å². The predicted molar refractivity (Wildman–Crippen MR) is 129 cm³/mol. The maximum absolute atomic E-state index is 12.7. The van der Waals surface area contributed by atoms with E-state index in [1.807, 2.05) is 61.5 Å². The highest BCUT2D eigenvalue weighted by Crippen LogP contribution is 2.25. The van der Waals surface area contributed by atoms with Gasteiger partial charge in [-0.15, -0.1) is 0 Å². The van der Waals surface area contributed by atoms with Crippen molar-refractivity contribution in [3.63, 3.8) is 0 Å². The summed E-state index contributed by atoms with van der Waals surface area (Å²) < 4.78 is 37.0. The molecule has 174 valence electrons. The first-order chi connectivity index (χ1) is 15.8. The number of nitrogens with zero attached hydrogens (tertiary/aromatic N) is 1. The molecular weight excluding hydrogens is 440 g/mol. The number of hydrogen-bond donors (Lipinski definition) is 1. The maximum Gasteiger partial charge on any atom is 0.241 e. The zero-order valence-electron chi connectivity index (χ0n) is 18.9. The summed E-state index contributed by atoms with van der Waals surface area (Å²) in [6, 6.07) is 23.4. The summed E-state index contributed by atoms with van der Waals surface area (Å²) in [6.07, 6.45) is 1.07. The number of hydrogen-bond acceptors (Lipinski definition) is 5. The molecule has 8 heteroatoms. The Morgan fingerprint density at radius 2 is 1.61 bits per heavy atom. The van der Waals surface area contributed by atoms with Gasteiger partial charge in [-0.2, -0.15) is 0 Å². The van der Waals surface area contributed by atoms with Crippen LogP contribution in [0, 0.1) is 0 Å². The second-order valence-corrected chi connectivity index (χ2v) is 9.48. The van der Waals surface area contributed by atoms with Gasteiger partial charge in [-0.25, -0.2) is 8.42 Å². The van der Waals surface area contributed by atoms with Gasteiger partial charge in [-0.05, 0) is 42.8 Å². The van der Waals surface area contributed by atoms with E-state index >= 15 is 0 Å². The molecule has 0 spiro atoms. The van der Waals surface area contributed by atoms with Crippen LogP contribution in [0.2, 0.25) is 0 Å². The molecule has 3 rings (SSSR count). The number of para-hydroxylation sites is 1. The van der Waals surface area contributed by atoms with Crippen molar-refractivity contribution in [2.24, 2.45) is 0 Å². The zero-order chi connectivity index (χ0) is 23.8. The third kappa shape index (κ3) is 6.73. The van der Waals surface area contributed by atoms with Gasteiger partial charge in [0.05, 0.1) is 25.1 Å². The van der Waals surface area contributed by atoms with Gasteiger partial charge in [-0.1, -0.05) is 48.5 Å². The summed E-state index contributed by atoms with van der Waals surface area (Å²) in [5.41, 5.74) is 2.21. The number of benzene rings is 3. The standard InChI is InChI=1S/C25H28N2O5S/c1-19(23-11-7-8-12-24(23)31-2)26-25(28)17-27(33(3,29)30)21-13-15-22(16-14-21)32-18-20-9-5-4-6-10-20/h4-16,19H,17-18H2,1-3H3,(H,26,28)/t19-/m0/s1. The Morgan fingerprint density at radius 1 is 0.970 bits per heavy atom. The van der Waals surface area contributed by atoms with E-state index in [2.05, 4.69) is 5.32 Å². The molecule has 33 heavy (non-hydrogen) atoms. The fraction of sp³-hybridized carbons (Fsp3) is 0.240. The minimum atomic E-state index is -3.69. The Balaban J connectivity index is 1.67. The lowest BCUT2D eigenvalue weighted by Gasteiger charge is -2.24. The largest absolute Gasteiger partial charge is 0.496 e. The van der Waals surface area contributed by atoms with Crippen LogP contribution in [0.3, 0.4) is 0 Å². The summed E-state index contributed by atoms with van der Waals surface area (Å²) in [5.74, 6) is 0.824. The molecule has 0 aliphatic heterocycles. The molecule has 0 saturated heterocycles. The number of nitrogens with one attached hydrogen (secondary N) is 1. The minimum Gasteiger partial charge on any atom is -0.496 e. The van der Waals surface area contributed by atoms with Crippen LogP contribution in [-0.4, -0.2) is 34.2 Å². The lowest BCUT2D eigenvalue weighted by atomic mass is 10.1. The molecule has 3 aromatic rings. The summed E-state index contributed by atoms with van der Waals surface area (Å²) in [7, 11) is -2.13. The minimum absolute atomic E-state index is 0.345. The lowest BCUT2D eigenvalue weighted by molar-refractivity contribution is -0.120. The number of carbonyl (C=O) groups excluding carboxylic acids is 1. The van der Waals surface area contributed by atoms with Gasteiger partial charge < -0.3 is 14.8 Å². The highest BCUT2D eigenvalue weighted by molar-refractivity contribution is 7.92. The van der Waals surface area contributed by atoms with Crippen LogP contribution in [0.15, 0.2) is 78.9 Å². The molecular formula is C25H28N2O5S. The summed E-state index contributed by atoms with van der Waals surface area (Å²) in [6.45, 7) is 1.88. The van der Waals surface area contributed by atoms with Crippen molar-refractivity contribution >= 4 is 21.6 Å². The first-order valence-corrected chi connectivity index (χ1v) is 12.3. The molecule has 0 heterocycles. The van der Waals surface area contributed by atoms with Gasteiger partial charge in [0.2, 0.25) is 15.9 Å². The van der Waals surface area contributed by atoms with Crippen LogP contribution in [0.25, 0.3) is 0 Å². The van der Waals surface area contributed by atoms with Crippen LogP contribution in [-0.2, 0) is 21.4 Å². The van der Waals surface area contributed by atoms with Crippen molar-refractivity contribution in [3.05, 3.63) is 90.0 Å². The highest BCUT2D eigenvalue weighted by Gasteiger charge is 2.22. The van der Waals surface area contributed by atoms with E-state index in [0.717, 1.165) is 21.7 Å². The van der Waals surface area contributed by atoms with E-state index in [-0.39, 0.29) is 12.6 Å². The van der Waals surface area contributed by atoms with Crippen molar-refractivity contribution in [2.75, 3.05) is 24.2 Å².